The molecule has 10 rings (SSSR count). The molecule has 0 radical (unpaired) electrons. The number of nitrogens with one attached hydrogen (secondary N) is 2. The van der Waals surface area contributed by atoms with Gasteiger partial charge in [0, 0.05) is 56.0 Å². The van der Waals surface area contributed by atoms with Crippen LogP contribution in [-0.4, -0.2) is 96.1 Å². The van der Waals surface area contributed by atoms with Crippen LogP contribution < -0.4 is 21.1 Å². The minimum absolute atomic E-state index is 0.0923. The molecule has 1 atom stereocenters. The Kier molecular flexibility index (Phi) is 10.0. The van der Waals surface area contributed by atoms with Crippen LogP contribution in [0, 0.1) is 5.92 Å². The smallest absolute Gasteiger partial charge is 0.270 e. The van der Waals surface area contributed by atoms with Crippen LogP contribution in [0.1, 0.15) is 70.7 Å². The highest BCUT2D eigenvalue weighted by Gasteiger charge is 2.45. The van der Waals surface area contributed by atoms with Gasteiger partial charge in [-0.3, -0.25) is 38.6 Å². The molecule has 0 aliphatic carbocycles. The fourth-order valence-corrected chi connectivity index (χ4v) is 9.89. The lowest BCUT2D eigenvalue weighted by molar-refractivity contribution is -0.136. The Morgan fingerprint density at radius 1 is 0.803 bits per heavy atom. The van der Waals surface area contributed by atoms with E-state index < -0.39 is 29.7 Å². The van der Waals surface area contributed by atoms with E-state index in [9.17, 15) is 24.0 Å². The molecule has 3 aromatic heterocycles. The molecule has 0 saturated carbocycles. The van der Waals surface area contributed by atoms with E-state index in [4.69, 9.17) is 28.2 Å². The fourth-order valence-electron chi connectivity index (χ4n) is 9.32. The van der Waals surface area contributed by atoms with E-state index in [1.807, 2.05) is 18.2 Å². The van der Waals surface area contributed by atoms with E-state index >= 15 is 0 Å². The van der Waals surface area contributed by atoms with E-state index in [0.717, 1.165) is 74.7 Å². The Morgan fingerprint density at radius 2 is 1.54 bits per heavy atom. The van der Waals surface area contributed by atoms with Crippen molar-refractivity contribution >= 4 is 81.0 Å². The molecule has 3 fully saturated rings. The molecule has 3 saturated heterocycles. The van der Waals surface area contributed by atoms with Crippen LogP contribution in [0.5, 0.6) is 0 Å². The van der Waals surface area contributed by atoms with Gasteiger partial charge in [0.05, 0.1) is 26.9 Å². The molecular weight excluding hydrogens is 819 g/mol. The maximum absolute atomic E-state index is 13.7. The van der Waals surface area contributed by atoms with Crippen LogP contribution in [0.4, 0.5) is 17.3 Å². The second-order valence-electron chi connectivity index (χ2n) is 16.2. The molecule has 0 spiro atoms. The van der Waals surface area contributed by atoms with Crippen molar-refractivity contribution in [3.05, 3.63) is 116 Å². The van der Waals surface area contributed by atoms with Gasteiger partial charge in [-0.1, -0.05) is 41.4 Å². The van der Waals surface area contributed by atoms with Gasteiger partial charge in [-0.25, -0.2) is 14.5 Å². The molecule has 4 aliphatic heterocycles. The molecule has 1 unspecified atom stereocenters. The van der Waals surface area contributed by atoms with Crippen molar-refractivity contribution in [3.63, 3.8) is 0 Å². The van der Waals surface area contributed by atoms with Gasteiger partial charge in [0.1, 0.15) is 11.4 Å². The summed E-state index contributed by atoms with van der Waals surface area (Å²) in [6.07, 6.45) is 9.27. The van der Waals surface area contributed by atoms with Crippen LogP contribution in [0.3, 0.4) is 0 Å². The molecule has 3 aromatic carbocycles. The van der Waals surface area contributed by atoms with Crippen LogP contribution in [0.2, 0.25) is 10.0 Å². The highest BCUT2D eigenvalue weighted by atomic mass is 35.5. The first-order chi connectivity index (χ1) is 29.6. The van der Waals surface area contributed by atoms with Crippen LogP contribution in [-0.2, 0) is 9.59 Å². The lowest BCUT2D eigenvalue weighted by Gasteiger charge is -2.38. The minimum Gasteiger partial charge on any atom is -0.371 e. The Morgan fingerprint density at radius 3 is 2.28 bits per heavy atom. The van der Waals surface area contributed by atoms with Gasteiger partial charge in [-0.2, -0.15) is 4.98 Å². The normalized spacial score (nSPS) is 19.3. The lowest BCUT2D eigenvalue weighted by Crippen LogP contribution is -2.54. The maximum Gasteiger partial charge on any atom is 0.270 e. The summed E-state index contributed by atoms with van der Waals surface area (Å²) in [5, 5.41) is 6.47. The number of fused-ring (bicyclic) bond motifs is 4. The topological polar surface area (TPSA) is 167 Å². The molecule has 4 amide bonds. The average molecular weight is 860 g/mol. The number of rotatable bonds is 8. The predicted octanol–water partition coefficient (Wildman–Crippen LogP) is 5.98. The van der Waals surface area contributed by atoms with Crippen molar-refractivity contribution in [3.8, 4) is 5.69 Å². The molecule has 6 aromatic rings. The molecule has 7 heterocycles. The van der Waals surface area contributed by atoms with Crippen molar-refractivity contribution in [2.24, 2.45) is 5.92 Å². The van der Waals surface area contributed by atoms with E-state index in [1.165, 1.54) is 16.3 Å². The van der Waals surface area contributed by atoms with Crippen molar-refractivity contribution in [1.29, 1.82) is 0 Å². The molecule has 61 heavy (non-hydrogen) atoms. The minimum atomic E-state index is -0.972. The number of para-hydroxylation sites is 1. The third-order valence-electron chi connectivity index (χ3n) is 12.6. The third kappa shape index (κ3) is 7.09. The number of halogens is 2. The van der Waals surface area contributed by atoms with Crippen molar-refractivity contribution < 1.29 is 19.2 Å². The zero-order valence-corrected chi connectivity index (χ0v) is 34.4. The maximum atomic E-state index is 13.7. The number of nitrogens with zero attached hydrogens (tertiary/aromatic N) is 8. The molecule has 4 aliphatic rings. The Balaban J connectivity index is 0.728. The number of piperidine rings is 3. The first kappa shape index (κ1) is 39.0. The summed E-state index contributed by atoms with van der Waals surface area (Å²) in [6, 6.07) is 17.8. The number of imidazole rings is 1. The summed E-state index contributed by atoms with van der Waals surface area (Å²) < 4.78 is 3.10. The van der Waals surface area contributed by atoms with Gasteiger partial charge in [0.15, 0.2) is 5.65 Å². The van der Waals surface area contributed by atoms with Crippen LogP contribution in [0.25, 0.3) is 22.5 Å². The predicted molar refractivity (Wildman–Crippen MR) is 230 cm³/mol. The van der Waals surface area contributed by atoms with Gasteiger partial charge in [0.2, 0.25) is 23.5 Å². The first-order valence-electron chi connectivity index (χ1n) is 20.5. The number of carbonyl (C=O) groups excluding carboxylic acids is 4. The Hall–Kier alpha value is -6.16. The molecule has 2 N–H and O–H groups in total. The standard InChI is InChI=1S/C44H40Cl2N10O5/c45-33-2-1-3-34(46)37(33)56-42(61)32-23-48-43(51-38(32)54-21-16-47-44(54)56)49-28-6-4-26(5-7-28)27-14-17-52(18-15-27)24-25-12-19-53(20-13-25)29-8-9-30-31(22-29)41(60)55(40(30)59)35-10-11-36(57)50-39(35)58/h1-9,16,21-23,25,27,35H,10-15,17-20,24H2,(H,48,49,51)(H,50,57,58). The summed E-state index contributed by atoms with van der Waals surface area (Å²) in [5.74, 6) is -0.252. The van der Waals surface area contributed by atoms with Gasteiger partial charge in [-0.05, 0) is 105 Å². The van der Waals surface area contributed by atoms with Crippen LogP contribution in [0.15, 0.2) is 84.0 Å². The number of imide groups is 2. The monoisotopic (exact) mass is 858 g/mol. The summed E-state index contributed by atoms with van der Waals surface area (Å²) in [7, 11) is 0. The van der Waals surface area contributed by atoms with Gasteiger partial charge >= 0.3 is 0 Å². The number of anilines is 3. The van der Waals surface area contributed by atoms with E-state index in [0.29, 0.717) is 56.1 Å². The van der Waals surface area contributed by atoms with Crippen LogP contribution >= 0.6 is 23.2 Å². The lowest BCUT2D eigenvalue weighted by atomic mass is 9.88. The van der Waals surface area contributed by atoms with Gasteiger partial charge in [0.25, 0.3) is 17.4 Å². The van der Waals surface area contributed by atoms with Crippen molar-refractivity contribution in [2.45, 2.75) is 50.5 Å². The number of amides is 4. The number of carbonyl (C=O) groups is 4. The second kappa shape index (κ2) is 15.7. The number of benzene rings is 3. The average Bonchev–Trinajstić information content (AvgIpc) is 3.85. The zero-order valence-electron chi connectivity index (χ0n) is 32.9. The molecule has 15 nitrogen and oxygen atoms in total. The second-order valence-corrected chi connectivity index (χ2v) is 17.0. The van der Waals surface area contributed by atoms with Gasteiger partial charge in [-0.15, -0.1) is 0 Å². The fraction of sp³-hybridized carbons (Fsp3) is 0.318. The number of aromatic nitrogens is 5. The zero-order chi connectivity index (χ0) is 41.9. The highest BCUT2D eigenvalue weighted by molar-refractivity contribution is 6.37. The Bertz CT molecular complexity index is 2810. The summed E-state index contributed by atoms with van der Waals surface area (Å²) in [4.78, 5) is 83.8. The molecule has 0 bridgehead atoms. The van der Waals surface area contributed by atoms with Crippen molar-refractivity contribution in [1.82, 2.24) is 39.0 Å². The molecular formula is C44H40Cl2N10O5. The van der Waals surface area contributed by atoms with E-state index in [-0.39, 0.29) is 23.8 Å². The highest BCUT2D eigenvalue weighted by Crippen LogP contribution is 2.35. The number of hydrogen-bond acceptors (Lipinski definition) is 11. The third-order valence-corrected chi connectivity index (χ3v) is 13.2. The van der Waals surface area contributed by atoms with E-state index in [1.54, 1.807) is 47.1 Å². The summed E-state index contributed by atoms with van der Waals surface area (Å²) >= 11 is 13.0. The quantitative estimate of drug-likeness (QED) is 0.173. The number of hydrogen-bond donors (Lipinski definition) is 2. The number of likely N-dealkylation sites (tertiary alicyclic amines) is 1. The SMILES string of the molecule is O=C1CCC(N2C(=O)c3ccc(N4CCC(CN5CCC(c6ccc(Nc7ncc8c(=O)n(-c9c(Cl)cccc9Cl)c9nccn9c8n7)cc6)CC5)CC4)cc3C2=O)C(=O)N1. The summed E-state index contributed by atoms with van der Waals surface area (Å²) in [5.41, 5.74) is 4.01. The van der Waals surface area contributed by atoms with Crippen molar-refractivity contribution in [2.75, 3.05) is 42.9 Å². The first-order valence-corrected chi connectivity index (χ1v) is 21.3. The Labute approximate surface area is 359 Å². The van der Waals surface area contributed by atoms with E-state index in [2.05, 4.69) is 42.5 Å². The molecule has 310 valence electrons. The van der Waals surface area contributed by atoms with Gasteiger partial charge < -0.3 is 15.1 Å². The molecule has 17 heteroatoms. The largest absolute Gasteiger partial charge is 0.371 e. The summed E-state index contributed by atoms with van der Waals surface area (Å²) in [6.45, 7) is 4.84.